The molecule has 2 heterocycles. The lowest BCUT2D eigenvalue weighted by Gasteiger charge is -2.42. The molecule has 2 aliphatic rings. The number of rotatable bonds is 4. The summed E-state index contributed by atoms with van der Waals surface area (Å²) in [7, 11) is -3.72. The Bertz CT molecular complexity index is 940. The van der Waals surface area contributed by atoms with Crippen molar-refractivity contribution in [2.45, 2.75) is 48.8 Å². The minimum absolute atomic E-state index is 0.0102. The number of carbonyl (C=O) groups excluding carboxylic acids is 3. The predicted octanol–water partition coefficient (Wildman–Crippen LogP) is 0.717. The van der Waals surface area contributed by atoms with Gasteiger partial charge in [-0.1, -0.05) is 0 Å². The van der Waals surface area contributed by atoms with Gasteiger partial charge in [0.2, 0.25) is 17.7 Å². The van der Waals surface area contributed by atoms with Gasteiger partial charge in [0.15, 0.2) is 9.84 Å². The van der Waals surface area contributed by atoms with Gasteiger partial charge < -0.3 is 15.1 Å². The summed E-state index contributed by atoms with van der Waals surface area (Å²) in [6.45, 7) is 3.73. The molecule has 0 aliphatic carbocycles. The van der Waals surface area contributed by atoms with Crippen molar-refractivity contribution in [3.63, 3.8) is 0 Å². The van der Waals surface area contributed by atoms with Crippen LogP contribution in [-0.4, -0.2) is 72.9 Å². The van der Waals surface area contributed by atoms with Crippen molar-refractivity contribution in [1.82, 2.24) is 15.1 Å². The number of nitrogens with zero attached hydrogens (tertiary/aromatic N) is 2. The molecule has 30 heavy (non-hydrogen) atoms. The maximum Gasteiger partial charge on any atom is 0.248 e. The van der Waals surface area contributed by atoms with Gasteiger partial charge in [0, 0.05) is 40.0 Å². The number of amides is 3. The Hall–Kier alpha value is -2.49. The summed E-state index contributed by atoms with van der Waals surface area (Å²) >= 11 is 0. The molecule has 1 atom stereocenters. The van der Waals surface area contributed by atoms with Gasteiger partial charge in [-0.15, -0.1) is 0 Å². The molecule has 2 fully saturated rings. The molecule has 3 amide bonds. The topological polar surface area (TPSA) is 104 Å². The van der Waals surface area contributed by atoms with Crippen LogP contribution in [0.3, 0.4) is 0 Å². The lowest BCUT2D eigenvalue weighted by molar-refractivity contribution is -0.145. The van der Waals surface area contributed by atoms with Crippen molar-refractivity contribution >= 4 is 27.6 Å². The molecule has 0 radical (unpaired) electrons. The quantitative estimate of drug-likeness (QED) is 0.696. The molecule has 2 aliphatic heterocycles. The third-order valence-corrected chi connectivity index (χ3v) is 8.09. The first-order valence-corrected chi connectivity index (χ1v) is 11.4. The number of likely N-dealkylation sites (tertiary alicyclic amines) is 2. The van der Waals surface area contributed by atoms with Crippen LogP contribution in [-0.2, 0) is 24.2 Å². The molecule has 164 valence electrons. The molecule has 2 saturated heterocycles. The normalized spacial score (nSPS) is 21.4. The van der Waals surface area contributed by atoms with E-state index in [1.807, 2.05) is 0 Å². The minimum atomic E-state index is -3.72. The second-order valence-electron chi connectivity index (χ2n) is 7.93. The Morgan fingerprint density at radius 3 is 2.17 bits per heavy atom. The zero-order valence-electron chi connectivity index (χ0n) is 17.1. The second kappa shape index (κ2) is 8.33. The standard InChI is InChI=1S/C20H26FN3O5S/c1-14(25)22-20(8-11-23(12-9-20)15(2)26)19(27)24-10-7-18(13-24)30(28,29)17-5-3-16(21)4-6-17/h3-6,18H,7-13H2,1-2H3,(H,22,25). The molecule has 0 aromatic heterocycles. The Morgan fingerprint density at radius 2 is 1.63 bits per heavy atom. The first-order valence-electron chi connectivity index (χ1n) is 9.88. The molecule has 1 aromatic rings. The van der Waals surface area contributed by atoms with E-state index in [4.69, 9.17) is 0 Å². The van der Waals surface area contributed by atoms with Gasteiger partial charge in [-0.05, 0) is 43.5 Å². The van der Waals surface area contributed by atoms with Crippen LogP contribution in [0.5, 0.6) is 0 Å². The van der Waals surface area contributed by atoms with E-state index in [0.29, 0.717) is 13.1 Å². The number of halogens is 1. The van der Waals surface area contributed by atoms with Crippen LogP contribution in [0.2, 0.25) is 0 Å². The highest BCUT2D eigenvalue weighted by Crippen LogP contribution is 2.30. The Balaban J connectivity index is 1.76. The van der Waals surface area contributed by atoms with E-state index in [0.717, 1.165) is 12.1 Å². The molecule has 1 N–H and O–H groups in total. The van der Waals surface area contributed by atoms with Gasteiger partial charge in [0.25, 0.3) is 0 Å². The Morgan fingerprint density at radius 1 is 1.03 bits per heavy atom. The maximum atomic E-state index is 13.4. The zero-order chi connectivity index (χ0) is 22.1. The Labute approximate surface area is 175 Å². The average molecular weight is 440 g/mol. The fourth-order valence-electron chi connectivity index (χ4n) is 4.22. The summed E-state index contributed by atoms with van der Waals surface area (Å²) in [5, 5.41) is 1.97. The third-order valence-electron chi connectivity index (χ3n) is 5.90. The van der Waals surface area contributed by atoms with Crippen LogP contribution in [0.25, 0.3) is 0 Å². The lowest BCUT2D eigenvalue weighted by Crippen LogP contribution is -2.63. The summed E-state index contributed by atoms with van der Waals surface area (Å²) in [6.07, 6.45) is 0.814. The van der Waals surface area contributed by atoms with Crippen molar-refractivity contribution in [2.24, 2.45) is 0 Å². The van der Waals surface area contributed by atoms with E-state index >= 15 is 0 Å². The first kappa shape index (κ1) is 22.2. The minimum Gasteiger partial charge on any atom is -0.343 e. The van der Waals surface area contributed by atoms with Crippen molar-refractivity contribution in [2.75, 3.05) is 26.2 Å². The highest BCUT2D eigenvalue weighted by molar-refractivity contribution is 7.92. The number of hydrogen-bond donors (Lipinski definition) is 1. The summed E-state index contributed by atoms with van der Waals surface area (Å²) in [5.41, 5.74) is -1.15. The lowest BCUT2D eigenvalue weighted by atomic mass is 9.85. The number of nitrogens with one attached hydrogen (secondary N) is 1. The SMILES string of the molecule is CC(=O)NC1(C(=O)N2CCC(S(=O)(=O)c3ccc(F)cc3)C2)CCN(C(C)=O)CC1. The van der Waals surface area contributed by atoms with Crippen LogP contribution in [0.15, 0.2) is 29.2 Å². The van der Waals surface area contributed by atoms with Crippen molar-refractivity contribution < 1.29 is 27.2 Å². The van der Waals surface area contributed by atoms with E-state index in [2.05, 4.69) is 5.32 Å². The summed E-state index contributed by atoms with van der Waals surface area (Å²) < 4.78 is 38.9. The van der Waals surface area contributed by atoms with Crippen LogP contribution < -0.4 is 5.32 Å². The van der Waals surface area contributed by atoms with Gasteiger partial charge in [-0.25, -0.2) is 12.8 Å². The highest BCUT2D eigenvalue weighted by Gasteiger charge is 2.47. The summed E-state index contributed by atoms with van der Waals surface area (Å²) in [4.78, 5) is 39.9. The van der Waals surface area contributed by atoms with Gasteiger partial charge in [0.05, 0.1) is 10.1 Å². The number of sulfone groups is 1. The van der Waals surface area contributed by atoms with Crippen LogP contribution in [0.4, 0.5) is 4.39 Å². The van der Waals surface area contributed by atoms with Crippen LogP contribution in [0, 0.1) is 5.82 Å². The molecule has 8 nitrogen and oxygen atoms in total. The van der Waals surface area contributed by atoms with Gasteiger partial charge >= 0.3 is 0 Å². The first-order chi connectivity index (χ1) is 14.0. The van der Waals surface area contributed by atoms with Gasteiger partial charge in [-0.3, -0.25) is 14.4 Å². The fourth-order valence-corrected chi connectivity index (χ4v) is 5.91. The van der Waals surface area contributed by atoms with Crippen molar-refractivity contribution in [3.8, 4) is 0 Å². The largest absolute Gasteiger partial charge is 0.343 e. The molecule has 0 spiro atoms. The van der Waals surface area contributed by atoms with Gasteiger partial charge in [-0.2, -0.15) is 0 Å². The molecule has 1 aromatic carbocycles. The maximum absolute atomic E-state index is 13.4. The van der Waals surface area contributed by atoms with Crippen LogP contribution >= 0.6 is 0 Å². The smallest absolute Gasteiger partial charge is 0.248 e. The highest BCUT2D eigenvalue weighted by atomic mass is 32.2. The number of hydrogen-bond acceptors (Lipinski definition) is 5. The summed E-state index contributed by atoms with van der Waals surface area (Å²) in [6, 6.07) is 4.65. The van der Waals surface area contributed by atoms with Gasteiger partial charge in [0.1, 0.15) is 11.4 Å². The molecule has 10 heteroatoms. The fraction of sp³-hybridized carbons (Fsp3) is 0.550. The average Bonchev–Trinajstić information content (AvgIpc) is 3.18. The molecule has 3 rings (SSSR count). The van der Waals surface area contributed by atoms with E-state index < -0.39 is 26.4 Å². The van der Waals surface area contributed by atoms with E-state index in [-0.39, 0.29) is 55.0 Å². The number of benzene rings is 1. The molecule has 0 bridgehead atoms. The van der Waals surface area contributed by atoms with E-state index in [1.54, 1.807) is 4.90 Å². The number of piperidine rings is 1. The third kappa shape index (κ3) is 4.33. The van der Waals surface area contributed by atoms with Crippen LogP contribution in [0.1, 0.15) is 33.1 Å². The zero-order valence-corrected chi connectivity index (χ0v) is 17.9. The molecular formula is C20H26FN3O5S. The second-order valence-corrected chi connectivity index (χ2v) is 10.2. The molecule has 0 saturated carbocycles. The number of carbonyl (C=O) groups is 3. The van der Waals surface area contributed by atoms with E-state index in [1.165, 1.54) is 30.9 Å². The monoisotopic (exact) mass is 439 g/mol. The van der Waals surface area contributed by atoms with Crippen molar-refractivity contribution in [1.29, 1.82) is 0 Å². The molecular weight excluding hydrogens is 413 g/mol. The molecule has 1 unspecified atom stereocenters. The predicted molar refractivity (Wildman–Crippen MR) is 107 cm³/mol. The van der Waals surface area contributed by atoms with E-state index in [9.17, 15) is 27.2 Å². The summed E-state index contributed by atoms with van der Waals surface area (Å²) in [5.74, 6) is -1.29. The Kier molecular flexibility index (Phi) is 6.16. The van der Waals surface area contributed by atoms with Crippen molar-refractivity contribution in [3.05, 3.63) is 30.1 Å².